The number of hydrogen-bond acceptors (Lipinski definition) is 3. The van der Waals surface area contributed by atoms with Gasteiger partial charge in [0.15, 0.2) is 0 Å². The third-order valence-electron chi connectivity index (χ3n) is 2.98. The molecule has 3 nitrogen and oxygen atoms in total. The zero-order valence-electron chi connectivity index (χ0n) is 10.7. The van der Waals surface area contributed by atoms with Gasteiger partial charge in [-0.15, -0.1) is 0 Å². The molecule has 1 rings (SSSR count). The first kappa shape index (κ1) is 13.9. The second-order valence-corrected chi connectivity index (χ2v) is 4.02. The first-order valence-corrected chi connectivity index (χ1v) is 5.96. The molecule has 0 aliphatic carbocycles. The summed E-state index contributed by atoms with van der Waals surface area (Å²) in [6.45, 7) is 5.46. The summed E-state index contributed by atoms with van der Waals surface area (Å²) in [5, 5.41) is 12.2. The van der Waals surface area contributed by atoms with Gasteiger partial charge in [0, 0.05) is 24.8 Å². The molecule has 0 spiro atoms. The van der Waals surface area contributed by atoms with E-state index in [0.29, 0.717) is 6.54 Å². The Morgan fingerprint density at radius 2 is 2.18 bits per heavy atom. The molecule has 2 N–H and O–H groups in total. The van der Waals surface area contributed by atoms with Crippen LogP contribution in [0.25, 0.3) is 0 Å². The minimum atomic E-state index is -0.231. The summed E-state index contributed by atoms with van der Waals surface area (Å²) in [6.07, 6.45) is 0. The van der Waals surface area contributed by atoms with Gasteiger partial charge in [0.05, 0.1) is 6.61 Å². The Morgan fingerprint density at radius 3 is 2.71 bits per heavy atom. The van der Waals surface area contributed by atoms with Crippen molar-refractivity contribution < 1.29 is 9.50 Å². The van der Waals surface area contributed by atoms with E-state index in [1.54, 1.807) is 12.1 Å². The van der Waals surface area contributed by atoms with Crippen molar-refractivity contribution in [3.05, 3.63) is 29.6 Å². The van der Waals surface area contributed by atoms with Gasteiger partial charge in [-0.3, -0.25) is 0 Å². The fourth-order valence-electron chi connectivity index (χ4n) is 1.89. The van der Waals surface area contributed by atoms with E-state index in [4.69, 9.17) is 5.11 Å². The highest BCUT2D eigenvalue weighted by Crippen LogP contribution is 2.27. The summed E-state index contributed by atoms with van der Waals surface area (Å²) in [5.74, 6) is -0.231. The molecular formula is C13H21FN2O. The van der Waals surface area contributed by atoms with Gasteiger partial charge in [-0.25, -0.2) is 4.39 Å². The Morgan fingerprint density at radius 1 is 1.47 bits per heavy atom. The molecule has 0 aromatic heterocycles. The molecule has 1 atom stereocenters. The van der Waals surface area contributed by atoms with Gasteiger partial charge in [-0.1, -0.05) is 0 Å². The second-order valence-electron chi connectivity index (χ2n) is 4.02. The topological polar surface area (TPSA) is 35.5 Å². The van der Waals surface area contributed by atoms with Crippen molar-refractivity contribution in [3.8, 4) is 0 Å². The van der Waals surface area contributed by atoms with Crippen molar-refractivity contribution in [1.82, 2.24) is 5.32 Å². The maximum atomic E-state index is 13.3. The van der Waals surface area contributed by atoms with E-state index in [9.17, 15) is 4.39 Å². The molecule has 4 heteroatoms. The fourth-order valence-corrected chi connectivity index (χ4v) is 1.89. The van der Waals surface area contributed by atoms with Gasteiger partial charge in [-0.2, -0.15) is 0 Å². The lowest BCUT2D eigenvalue weighted by atomic mass is 10.0. The molecular weight excluding hydrogens is 219 g/mol. The first-order valence-electron chi connectivity index (χ1n) is 5.96. The van der Waals surface area contributed by atoms with Crippen LogP contribution < -0.4 is 10.2 Å². The molecule has 96 valence electrons. The van der Waals surface area contributed by atoms with E-state index in [2.05, 4.69) is 5.32 Å². The van der Waals surface area contributed by atoms with Crippen molar-refractivity contribution in [1.29, 1.82) is 0 Å². The quantitative estimate of drug-likeness (QED) is 0.797. The van der Waals surface area contributed by atoms with Crippen molar-refractivity contribution >= 4 is 5.69 Å². The minimum absolute atomic E-state index is 0.0773. The number of anilines is 1. The van der Waals surface area contributed by atoms with Crippen LogP contribution in [0.5, 0.6) is 0 Å². The molecule has 0 bridgehead atoms. The fraction of sp³-hybridized carbons (Fsp3) is 0.538. The third kappa shape index (κ3) is 3.41. The van der Waals surface area contributed by atoms with Crippen LogP contribution in [-0.2, 0) is 0 Å². The summed E-state index contributed by atoms with van der Waals surface area (Å²) in [4.78, 5) is 2.04. The average Bonchev–Trinajstić information content (AvgIpc) is 2.35. The van der Waals surface area contributed by atoms with E-state index in [0.717, 1.165) is 17.8 Å². The standard InChI is InChI=1S/C13H21FN2O/c1-4-16(7-8-17)13-6-5-11(14)9-12(13)10(2)15-3/h5-6,9-10,15,17H,4,7-8H2,1-3H3. The predicted molar refractivity (Wildman–Crippen MR) is 68.8 cm³/mol. The summed E-state index contributed by atoms with van der Waals surface area (Å²) < 4.78 is 13.3. The van der Waals surface area contributed by atoms with Crippen LogP contribution in [0.15, 0.2) is 18.2 Å². The lowest BCUT2D eigenvalue weighted by Crippen LogP contribution is -2.28. The zero-order valence-corrected chi connectivity index (χ0v) is 10.7. The van der Waals surface area contributed by atoms with Crippen LogP contribution in [0.2, 0.25) is 0 Å². The Kier molecular flexibility index (Phi) is 5.38. The van der Waals surface area contributed by atoms with E-state index >= 15 is 0 Å². The molecule has 0 amide bonds. The number of likely N-dealkylation sites (N-methyl/N-ethyl adjacent to an activating group) is 1. The second kappa shape index (κ2) is 6.57. The van der Waals surface area contributed by atoms with Crippen LogP contribution >= 0.6 is 0 Å². The number of nitrogens with one attached hydrogen (secondary N) is 1. The van der Waals surface area contributed by atoms with Crippen molar-refractivity contribution in [2.45, 2.75) is 19.9 Å². The maximum absolute atomic E-state index is 13.3. The molecule has 0 aliphatic heterocycles. The highest BCUT2D eigenvalue weighted by Gasteiger charge is 2.14. The van der Waals surface area contributed by atoms with Crippen molar-refractivity contribution in [2.75, 3.05) is 31.6 Å². The van der Waals surface area contributed by atoms with Gasteiger partial charge in [0.2, 0.25) is 0 Å². The molecule has 1 aromatic rings. The molecule has 0 saturated heterocycles. The van der Waals surface area contributed by atoms with E-state index in [1.807, 2.05) is 25.8 Å². The number of nitrogens with zero attached hydrogens (tertiary/aromatic N) is 1. The third-order valence-corrected chi connectivity index (χ3v) is 2.98. The first-order chi connectivity index (χ1) is 8.13. The monoisotopic (exact) mass is 240 g/mol. The summed E-state index contributed by atoms with van der Waals surface area (Å²) >= 11 is 0. The molecule has 1 unspecified atom stereocenters. The Bertz CT molecular complexity index is 357. The summed E-state index contributed by atoms with van der Waals surface area (Å²) in [7, 11) is 1.85. The van der Waals surface area contributed by atoms with E-state index in [-0.39, 0.29) is 18.5 Å². The van der Waals surface area contributed by atoms with Crippen molar-refractivity contribution in [2.24, 2.45) is 0 Å². The Balaban J connectivity index is 3.11. The number of benzene rings is 1. The van der Waals surface area contributed by atoms with E-state index < -0.39 is 0 Å². The van der Waals surface area contributed by atoms with Crippen LogP contribution in [0.1, 0.15) is 25.5 Å². The smallest absolute Gasteiger partial charge is 0.123 e. The molecule has 0 saturated carbocycles. The molecule has 17 heavy (non-hydrogen) atoms. The van der Waals surface area contributed by atoms with Gasteiger partial charge >= 0.3 is 0 Å². The SMILES string of the molecule is CCN(CCO)c1ccc(F)cc1C(C)NC. The van der Waals surface area contributed by atoms with Gasteiger partial charge < -0.3 is 15.3 Å². The van der Waals surface area contributed by atoms with Crippen LogP contribution in [0.4, 0.5) is 10.1 Å². The summed E-state index contributed by atoms with van der Waals surface area (Å²) in [6, 6.07) is 4.86. The minimum Gasteiger partial charge on any atom is -0.395 e. The largest absolute Gasteiger partial charge is 0.395 e. The number of rotatable bonds is 6. The molecule has 0 fully saturated rings. The van der Waals surface area contributed by atoms with Gasteiger partial charge in [-0.05, 0) is 44.7 Å². The maximum Gasteiger partial charge on any atom is 0.123 e. The molecule has 0 heterocycles. The number of halogens is 1. The highest BCUT2D eigenvalue weighted by molar-refractivity contribution is 5.55. The number of aliphatic hydroxyl groups excluding tert-OH is 1. The van der Waals surface area contributed by atoms with Crippen molar-refractivity contribution in [3.63, 3.8) is 0 Å². The van der Waals surface area contributed by atoms with Crippen LogP contribution in [-0.4, -0.2) is 31.9 Å². The van der Waals surface area contributed by atoms with E-state index in [1.165, 1.54) is 6.07 Å². The summed E-state index contributed by atoms with van der Waals surface area (Å²) in [5.41, 5.74) is 1.90. The van der Waals surface area contributed by atoms with Crippen LogP contribution in [0, 0.1) is 5.82 Å². The average molecular weight is 240 g/mol. The predicted octanol–water partition coefficient (Wildman–Crippen LogP) is 1.92. The normalized spacial score (nSPS) is 12.5. The molecule has 1 aromatic carbocycles. The zero-order chi connectivity index (χ0) is 12.8. The Hall–Kier alpha value is -1.13. The lowest BCUT2D eigenvalue weighted by Gasteiger charge is -2.27. The molecule has 0 radical (unpaired) electrons. The van der Waals surface area contributed by atoms with Gasteiger partial charge in [0.1, 0.15) is 5.82 Å². The lowest BCUT2D eigenvalue weighted by molar-refractivity contribution is 0.302. The molecule has 0 aliphatic rings. The van der Waals surface area contributed by atoms with Gasteiger partial charge in [0.25, 0.3) is 0 Å². The number of hydrogen-bond donors (Lipinski definition) is 2. The Labute approximate surface area is 102 Å². The highest BCUT2D eigenvalue weighted by atomic mass is 19.1. The van der Waals surface area contributed by atoms with Crippen LogP contribution in [0.3, 0.4) is 0 Å². The number of aliphatic hydroxyl groups is 1.